The smallest absolute Gasteiger partial charge is 0.132 e. The summed E-state index contributed by atoms with van der Waals surface area (Å²) in [5.41, 5.74) is 8.04. The Labute approximate surface area is 120 Å². The Morgan fingerprint density at radius 3 is 3.05 bits per heavy atom. The molecule has 106 valence electrons. The van der Waals surface area contributed by atoms with Gasteiger partial charge in [-0.3, -0.25) is 0 Å². The molecule has 0 radical (unpaired) electrons. The SMILES string of the molecule is Cc1cc2ccccc2nc1N1CCCC1CCCN. The van der Waals surface area contributed by atoms with E-state index >= 15 is 0 Å². The maximum atomic E-state index is 5.66. The van der Waals surface area contributed by atoms with Crippen molar-refractivity contribution in [2.24, 2.45) is 5.73 Å². The first-order valence-corrected chi connectivity index (χ1v) is 7.62. The zero-order valence-corrected chi connectivity index (χ0v) is 12.2. The second kappa shape index (κ2) is 5.80. The molecule has 0 aliphatic carbocycles. The molecule has 3 rings (SSSR count). The molecular weight excluding hydrogens is 246 g/mol. The number of nitrogens with zero attached hydrogens (tertiary/aromatic N) is 2. The number of hydrogen-bond acceptors (Lipinski definition) is 3. The lowest BCUT2D eigenvalue weighted by Crippen LogP contribution is -2.31. The Morgan fingerprint density at radius 2 is 2.20 bits per heavy atom. The van der Waals surface area contributed by atoms with Gasteiger partial charge in [0, 0.05) is 18.0 Å². The highest BCUT2D eigenvalue weighted by Gasteiger charge is 2.26. The summed E-state index contributed by atoms with van der Waals surface area (Å²) < 4.78 is 0. The van der Waals surface area contributed by atoms with E-state index in [0.29, 0.717) is 6.04 Å². The molecule has 0 spiro atoms. The lowest BCUT2D eigenvalue weighted by molar-refractivity contribution is 0.582. The monoisotopic (exact) mass is 269 g/mol. The number of para-hydroxylation sites is 1. The van der Waals surface area contributed by atoms with Gasteiger partial charge in [-0.25, -0.2) is 4.98 Å². The molecule has 1 aromatic carbocycles. The molecule has 2 N–H and O–H groups in total. The standard InChI is InChI=1S/C17H23N3/c1-13-12-14-6-2-3-9-16(14)19-17(13)20-11-5-8-15(20)7-4-10-18/h2-3,6,9,12,15H,4-5,7-8,10-11,18H2,1H3. The molecule has 2 aromatic rings. The summed E-state index contributed by atoms with van der Waals surface area (Å²) >= 11 is 0. The lowest BCUT2D eigenvalue weighted by atomic mass is 10.1. The number of fused-ring (bicyclic) bond motifs is 1. The Bertz CT molecular complexity index is 594. The first-order valence-electron chi connectivity index (χ1n) is 7.62. The van der Waals surface area contributed by atoms with E-state index in [2.05, 4.69) is 42.2 Å². The molecule has 3 heteroatoms. The Balaban J connectivity index is 1.94. The molecule has 1 fully saturated rings. The van der Waals surface area contributed by atoms with Crippen LogP contribution in [0.25, 0.3) is 10.9 Å². The van der Waals surface area contributed by atoms with E-state index in [1.807, 2.05) is 0 Å². The summed E-state index contributed by atoms with van der Waals surface area (Å²) in [7, 11) is 0. The fourth-order valence-corrected chi connectivity index (χ4v) is 3.27. The fourth-order valence-electron chi connectivity index (χ4n) is 3.27. The molecule has 3 nitrogen and oxygen atoms in total. The van der Waals surface area contributed by atoms with E-state index in [1.54, 1.807) is 0 Å². The number of nitrogens with two attached hydrogens (primary N) is 1. The number of aromatic nitrogens is 1. The van der Waals surface area contributed by atoms with Gasteiger partial charge in [-0.15, -0.1) is 0 Å². The van der Waals surface area contributed by atoms with E-state index in [9.17, 15) is 0 Å². The number of anilines is 1. The van der Waals surface area contributed by atoms with Gasteiger partial charge < -0.3 is 10.6 Å². The van der Waals surface area contributed by atoms with E-state index in [1.165, 1.54) is 36.0 Å². The van der Waals surface area contributed by atoms with Crippen molar-refractivity contribution in [1.82, 2.24) is 4.98 Å². The van der Waals surface area contributed by atoms with Gasteiger partial charge in [0.05, 0.1) is 5.52 Å². The topological polar surface area (TPSA) is 42.2 Å². The summed E-state index contributed by atoms with van der Waals surface area (Å²) in [4.78, 5) is 7.41. The third kappa shape index (κ3) is 2.50. The predicted molar refractivity (Wildman–Crippen MR) is 85.1 cm³/mol. The van der Waals surface area contributed by atoms with Crippen molar-refractivity contribution in [3.05, 3.63) is 35.9 Å². The predicted octanol–water partition coefficient (Wildman–Crippen LogP) is 3.25. The van der Waals surface area contributed by atoms with Crippen molar-refractivity contribution in [2.75, 3.05) is 18.0 Å². The highest BCUT2D eigenvalue weighted by Crippen LogP contribution is 2.30. The molecule has 1 aromatic heterocycles. The highest BCUT2D eigenvalue weighted by atomic mass is 15.2. The molecule has 1 unspecified atom stereocenters. The molecule has 0 bridgehead atoms. The van der Waals surface area contributed by atoms with Crippen LogP contribution in [-0.4, -0.2) is 24.1 Å². The third-order valence-corrected chi connectivity index (χ3v) is 4.28. The minimum atomic E-state index is 0.617. The molecule has 1 saturated heterocycles. The van der Waals surface area contributed by atoms with Crippen LogP contribution in [-0.2, 0) is 0 Å². The lowest BCUT2D eigenvalue weighted by Gasteiger charge is -2.27. The molecule has 0 saturated carbocycles. The molecule has 1 atom stereocenters. The van der Waals surface area contributed by atoms with Crippen molar-refractivity contribution in [3.63, 3.8) is 0 Å². The minimum absolute atomic E-state index is 0.617. The Morgan fingerprint density at radius 1 is 1.35 bits per heavy atom. The highest BCUT2D eigenvalue weighted by molar-refractivity contribution is 5.81. The van der Waals surface area contributed by atoms with Crippen molar-refractivity contribution in [1.29, 1.82) is 0 Å². The van der Waals surface area contributed by atoms with E-state index in [4.69, 9.17) is 10.7 Å². The first kappa shape index (κ1) is 13.4. The van der Waals surface area contributed by atoms with Crippen LogP contribution in [0.2, 0.25) is 0 Å². The molecule has 20 heavy (non-hydrogen) atoms. The Kier molecular flexibility index (Phi) is 3.88. The van der Waals surface area contributed by atoms with Crippen LogP contribution in [0.5, 0.6) is 0 Å². The van der Waals surface area contributed by atoms with Crippen LogP contribution < -0.4 is 10.6 Å². The largest absolute Gasteiger partial charge is 0.353 e. The molecule has 1 aliphatic rings. The van der Waals surface area contributed by atoms with Crippen LogP contribution in [0, 0.1) is 6.92 Å². The molecular formula is C17H23N3. The average Bonchev–Trinajstić information content (AvgIpc) is 2.92. The zero-order valence-electron chi connectivity index (χ0n) is 12.2. The van der Waals surface area contributed by atoms with Crippen LogP contribution in [0.15, 0.2) is 30.3 Å². The number of aryl methyl sites for hydroxylation is 1. The van der Waals surface area contributed by atoms with Crippen molar-refractivity contribution < 1.29 is 0 Å². The van der Waals surface area contributed by atoms with Crippen LogP contribution in [0.1, 0.15) is 31.2 Å². The van der Waals surface area contributed by atoms with Gasteiger partial charge in [-0.05, 0) is 56.8 Å². The number of hydrogen-bond donors (Lipinski definition) is 1. The van der Waals surface area contributed by atoms with Gasteiger partial charge >= 0.3 is 0 Å². The van der Waals surface area contributed by atoms with Gasteiger partial charge in [-0.2, -0.15) is 0 Å². The molecule has 1 aliphatic heterocycles. The quantitative estimate of drug-likeness (QED) is 0.926. The second-order valence-corrected chi connectivity index (χ2v) is 5.74. The van der Waals surface area contributed by atoms with Gasteiger partial charge in [0.1, 0.15) is 5.82 Å². The fraction of sp³-hybridized carbons (Fsp3) is 0.471. The summed E-state index contributed by atoms with van der Waals surface area (Å²) in [5.74, 6) is 1.17. The normalized spacial score (nSPS) is 18.9. The van der Waals surface area contributed by atoms with Gasteiger partial charge in [0.15, 0.2) is 0 Å². The van der Waals surface area contributed by atoms with E-state index in [-0.39, 0.29) is 0 Å². The van der Waals surface area contributed by atoms with E-state index < -0.39 is 0 Å². The van der Waals surface area contributed by atoms with Crippen LogP contribution in [0.3, 0.4) is 0 Å². The first-order chi connectivity index (χ1) is 9.79. The summed E-state index contributed by atoms with van der Waals surface area (Å²) in [6.45, 7) is 4.09. The number of pyridine rings is 1. The Hall–Kier alpha value is -1.61. The van der Waals surface area contributed by atoms with Gasteiger partial charge in [0.2, 0.25) is 0 Å². The summed E-state index contributed by atoms with van der Waals surface area (Å²) in [6, 6.07) is 11.2. The summed E-state index contributed by atoms with van der Waals surface area (Å²) in [5, 5.41) is 1.23. The average molecular weight is 269 g/mol. The maximum absolute atomic E-state index is 5.66. The van der Waals surface area contributed by atoms with Crippen LogP contribution >= 0.6 is 0 Å². The number of benzene rings is 1. The van der Waals surface area contributed by atoms with Crippen molar-refractivity contribution in [3.8, 4) is 0 Å². The molecule has 0 amide bonds. The summed E-state index contributed by atoms with van der Waals surface area (Å²) in [6.07, 6.45) is 4.83. The number of rotatable bonds is 4. The van der Waals surface area contributed by atoms with Gasteiger partial charge in [-0.1, -0.05) is 18.2 Å². The van der Waals surface area contributed by atoms with E-state index in [0.717, 1.165) is 25.0 Å². The van der Waals surface area contributed by atoms with Crippen molar-refractivity contribution in [2.45, 2.75) is 38.6 Å². The minimum Gasteiger partial charge on any atom is -0.353 e. The third-order valence-electron chi connectivity index (χ3n) is 4.28. The van der Waals surface area contributed by atoms with Crippen molar-refractivity contribution >= 4 is 16.7 Å². The van der Waals surface area contributed by atoms with Crippen LogP contribution in [0.4, 0.5) is 5.82 Å². The molecule has 2 heterocycles. The zero-order chi connectivity index (χ0) is 13.9. The second-order valence-electron chi connectivity index (χ2n) is 5.74. The van der Waals surface area contributed by atoms with Gasteiger partial charge in [0.25, 0.3) is 0 Å². The maximum Gasteiger partial charge on any atom is 0.132 e.